The van der Waals surface area contributed by atoms with Gasteiger partial charge in [0.1, 0.15) is 0 Å². The zero-order chi connectivity index (χ0) is 14.2. The number of halogens is 3. The Morgan fingerprint density at radius 2 is 2.16 bits per heavy atom. The molecule has 1 N–H and O–H groups in total. The Morgan fingerprint density at radius 1 is 1.47 bits per heavy atom. The predicted molar refractivity (Wildman–Crippen MR) is 63.8 cm³/mol. The highest BCUT2D eigenvalue weighted by Crippen LogP contribution is 2.43. The van der Waals surface area contributed by atoms with Crippen molar-refractivity contribution in [1.82, 2.24) is 0 Å². The highest BCUT2D eigenvalue weighted by molar-refractivity contribution is 5.66. The topological polar surface area (TPSA) is 47.3 Å². The smallest absolute Gasteiger partial charge is 0.395 e. The summed E-state index contributed by atoms with van der Waals surface area (Å²) in [5.74, 6) is 0. The van der Waals surface area contributed by atoms with Crippen molar-refractivity contribution in [2.45, 2.75) is 25.6 Å². The van der Waals surface area contributed by atoms with E-state index in [1.807, 2.05) is 6.92 Å². The summed E-state index contributed by atoms with van der Waals surface area (Å²) in [4.78, 5) is 1.74. The van der Waals surface area contributed by atoms with Crippen LogP contribution in [0.3, 0.4) is 0 Å². The lowest BCUT2D eigenvalue weighted by molar-refractivity contribution is -0.138. The first-order chi connectivity index (χ1) is 8.90. The first-order valence-corrected chi connectivity index (χ1v) is 5.90. The van der Waals surface area contributed by atoms with Gasteiger partial charge in [0.15, 0.2) is 0 Å². The van der Waals surface area contributed by atoms with E-state index < -0.39 is 11.7 Å². The number of nitriles is 1. The Balaban J connectivity index is 2.61. The Kier molecular flexibility index (Phi) is 3.42. The van der Waals surface area contributed by atoms with Gasteiger partial charge in [-0.2, -0.15) is 18.4 Å². The number of β-amino-alcohol motifs (C(OH)–C–C–N with tert-alkyl or cyclic N) is 1. The number of hydrogen-bond acceptors (Lipinski definition) is 3. The van der Waals surface area contributed by atoms with Gasteiger partial charge in [-0.1, -0.05) is 0 Å². The highest BCUT2D eigenvalue weighted by atomic mass is 19.4. The number of fused-ring (bicyclic) bond motifs is 1. The van der Waals surface area contributed by atoms with Crippen LogP contribution in [0.5, 0.6) is 0 Å². The fraction of sp³-hybridized carbons (Fsp3) is 0.462. The Labute approximate surface area is 108 Å². The van der Waals surface area contributed by atoms with Gasteiger partial charge in [-0.25, -0.2) is 0 Å². The molecule has 1 aliphatic heterocycles. The van der Waals surface area contributed by atoms with Gasteiger partial charge in [-0.05, 0) is 31.0 Å². The second-order valence-electron chi connectivity index (χ2n) is 4.57. The summed E-state index contributed by atoms with van der Waals surface area (Å²) in [6, 6.07) is 4.22. The van der Waals surface area contributed by atoms with Crippen molar-refractivity contribution < 1.29 is 18.3 Å². The third kappa shape index (κ3) is 2.26. The number of hydrogen-bond donors (Lipinski definition) is 1. The van der Waals surface area contributed by atoms with Crippen LogP contribution in [0.25, 0.3) is 0 Å². The van der Waals surface area contributed by atoms with Crippen LogP contribution >= 0.6 is 0 Å². The van der Waals surface area contributed by atoms with Gasteiger partial charge in [0.2, 0.25) is 0 Å². The van der Waals surface area contributed by atoms with E-state index in [1.165, 1.54) is 12.1 Å². The lowest BCUT2D eigenvalue weighted by atomic mass is 9.98. The fourth-order valence-electron chi connectivity index (χ4n) is 2.62. The van der Waals surface area contributed by atoms with Crippen LogP contribution in [0.2, 0.25) is 0 Å². The molecular weight excluding hydrogens is 257 g/mol. The molecule has 0 amide bonds. The normalized spacial score (nSPS) is 18.3. The maximum absolute atomic E-state index is 13.1. The summed E-state index contributed by atoms with van der Waals surface area (Å²) in [6.07, 6.45) is -4.30. The quantitative estimate of drug-likeness (QED) is 0.897. The van der Waals surface area contributed by atoms with Crippen LogP contribution in [0.1, 0.15) is 23.6 Å². The van der Waals surface area contributed by atoms with Crippen LogP contribution in [-0.2, 0) is 12.6 Å². The molecule has 6 heteroatoms. The van der Waals surface area contributed by atoms with Crippen LogP contribution in [0.4, 0.5) is 18.9 Å². The van der Waals surface area contributed by atoms with Crippen LogP contribution in [-0.4, -0.2) is 24.3 Å². The molecule has 1 heterocycles. The van der Waals surface area contributed by atoms with Gasteiger partial charge in [-0.15, -0.1) is 0 Å². The fourth-order valence-corrected chi connectivity index (χ4v) is 2.62. The second-order valence-corrected chi connectivity index (χ2v) is 4.57. The first kappa shape index (κ1) is 13.7. The molecule has 1 aromatic rings. The molecule has 0 radical (unpaired) electrons. The second kappa shape index (κ2) is 4.74. The van der Waals surface area contributed by atoms with Crippen molar-refractivity contribution in [2.24, 2.45) is 0 Å². The summed E-state index contributed by atoms with van der Waals surface area (Å²) in [6.45, 7) is 1.98. The van der Waals surface area contributed by atoms with E-state index in [2.05, 4.69) is 0 Å². The average Bonchev–Trinajstić information content (AvgIpc) is 2.63. The Bertz CT molecular complexity index is 534. The standard InChI is InChI=1S/C13H13F3N2O/c1-8-6-10-11(18(8)4-5-19)3-2-9(7-17)12(10)13(14,15)16/h2-3,8,19H,4-6H2,1H3. The molecule has 0 bridgehead atoms. The zero-order valence-corrected chi connectivity index (χ0v) is 10.3. The summed E-state index contributed by atoms with van der Waals surface area (Å²) in [5.41, 5.74) is -0.551. The van der Waals surface area contributed by atoms with Crippen molar-refractivity contribution >= 4 is 5.69 Å². The maximum atomic E-state index is 13.1. The van der Waals surface area contributed by atoms with Gasteiger partial charge < -0.3 is 10.0 Å². The molecule has 19 heavy (non-hydrogen) atoms. The number of benzene rings is 1. The highest BCUT2D eigenvalue weighted by Gasteiger charge is 2.41. The van der Waals surface area contributed by atoms with E-state index >= 15 is 0 Å². The monoisotopic (exact) mass is 270 g/mol. The lowest BCUT2D eigenvalue weighted by Gasteiger charge is -2.24. The Hall–Kier alpha value is -1.74. The number of rotatable bonds is 2. The lowest BCUT2D eigenvalue weighted by Crippen LogP contribution is -2.31. The molecule has 0 fully saturated rings. The summed E-state index contributed by atoms with van der Waals surface area (Å²) < 4.78 is 39.3. The molecule has 2 rings (SSSR count). The van der Waals surface area contributed by atoms with Crippen LogP contribution in [0, 0.1) is 11.3 Å². The SMILES string of the molecule is CC1Cc2c(ccc(C#N)c2C(F)(F)F)N1CCO. The third-order valence-corrected chi connectivity index (χ3v) is 3.37. The van der Waals surface area contributed by atoms with Crippen LogP contribution in [0.15, 0.2) is 12.1 Å². The average molecular weight is 270 g/mol. The molecule has 0 saturated carbocycles. The molecule has 0 saturated heterocycles. The van der Waals surface area contributed by atoms with Crippen molar-refractivity contribution in [2.75, 3.05) is 18.1 Å². The number of aliphatic hydroxyl groups excluding tert-OH is 1. The van der Waals surface area contributed by atoms with E-state index in [0.29, 0.717) is 5.69 Å². The van der Waals surface area contributed by atoms with Gasteiger partial charge in [0.05, 0.1) is 23.8 Å². The van der Waals surface area contributed by atoms with Gasteiger partial charge in [0.25, 0.3) is 0 Å². The molecule has 102 valence electrons. The van der Waals surface area contributed by atoms with Crippen LogP contribution < -0.4 is 4.90 Å². The number of anilines is 1. The van der Waals surface area contributed by atoms with Crippen molar-refractivity contribution in [1.29, 1.82) is 5.26 Å². The minimum absolute atomic E-state index is 0.114. The van der Waals surface area contributed by atoms with Gasteiger partial charge in [-0.3, -0.25) is 0 Å². The van der Waals surface area contributed by atoms with Crippen molar-refractivity contribution in [3.63, 3.8) is 0 Å². The molecule has 0 spiro atoms. The summed E-state index contributed by atoms with van der Waals surface area (Å²) in [5, 5.41) is 17.8. The van der Waals surface area contributed by atoms with Gasteiger partial charge >= 0.3 is 6.18 Å². The van der Waals surface area contributed by atoms with Gasteiger partial charge in [0, 0.05) is 18.3 Å². The number of alkyl halides is 3. The molecule has 1 unspecified atom stereocenters. The molecule has 1 atom stereocenters. The molecule has 1 aromatic carbocycles. The van der Waals surface area contributed by atoms with E-state index in [9.17, 15) is 13.2 Å². The Morgan fingerprint density at radius 3 is 2.68 bits per heavy atom. The largest absolute Gasteiger partial charge is 0.418 e. The maximum Gasteiger partial charge on any atom is 0.418 e. The van der Waals surface area contributed by atoms with Crippen molar-refractivity contribution in [3.8, 4) is 6.07 Å². The molecule has 1 aliphatic rings. The van der Waals surface area contributed by atoms with E-state index in [-0.39, 0.29) is 36.7 Å². The molecular formula is C13H13F3N2O. The molecule has 0 aliphatic carbocycles. The zero-order valence-electron chi connectivity index (χ0n) is 10.3. The summed E-state index contributed by atoms with van der Waals surface area (Å²) >= 11 is 0. The number of aliphatic hydroxyl groups is 1. The number of nitrogens with zero attached hydrogens (tertiary/aromatic N) is 2. The predicted octanol–water partition coefficient (Wildman–Crippen LogP) is 2.32. The minimum Gasteiger partial charge on any atom is -0.395 e. The minimum atomic E-state index is -4.54. The van der Waals surface area contributed by atoms with E-state index in [0.717, 1.165) is 0 Å². The molecule has 0 aromatic heterocycles. The van der Waals surface area contributed by atoms with E-state index in [4.69, 9.17) is 10.4 Å². The first-order valence-electron chi connectivity index (χ1n) is 5.90. The van der Waals surface area contributed by atoms with Crippen molar-refractivity contribution in [3.05, 3.63) is 28.8 Å². The third-order valence-electron chi connectivity index (χ3n) is 3.37. The van der Waals surface area contributed by atoms with E-state index in [1.54, 1.807) is 11.0 Å². The summed E-state index contributed by atoms with van der Waals surface area (Å²) in [7, 11) is 0. The molecule has 3 nitrogen and oxygen atoms in total.